The van der Waals surface area contributed by atoms with Gasteiger partial charge in [-0.2, -0.15) is 4.52 Å². The van der Waals surface area contributed by atoms with Gasteiger partial charge in [0.2, 0.25) is 5.65 Å². The molecule has 10 heteroatoms. The third kappa shape index (κ3) is 3.64. The maximum Gasteiger partial charge on any atom is 0.253 e. The number of tetrazole rings is 1. The quantitative estimate of drug-likeness (QED) is 0.445. The SMILES string of the molecule is O=C(c1ccc(Nc2nc3ccccc3n3nnnc23)cc1)N1CCN(c2ccncc2)CC1. The Morgan fingerprint density at radius 1 is 0.882 bits per heavy atom. The molecule has 0 bridgehead atoms. The van der Waals surface area contributed by atoms with E-state index in [1.54, 1.807) is 16.9 Å². The van der Waals surface area contributed by atoms with Crippen molar-refractivity contribution in [1.82, 2.24) is 34.9 Å². The summed E-state index contributed by atoms with van der Waals surface area (Å²) in [6.07, 6.45) is 3.58. The lowest BCUT2D eigenvalue weighted by atomic mass is 10.1. The number of amides is 1. The molecule has 6 rings (SSSR count). The number of anilines is 3. The van der Waals surface area contributed by atoms with Crippen molar-refractivity contribution in [3.05, 3.63) is 78.6 Å². The molecule has 4 heterocycles. The minimum absolute atomic E-state index is 0.0359. The Labute approximate surface area is 194 Å². The highest BCUT2D eigenvalue weighted by atomic mass is 16.2. The number of nitrogens with zero attached hydrogens (tertiary/aromatic N) is 8. The number of benzene rings is 2. The van der Waals surface area contributed by atoms with Gasteiger partial charge in [-0.15, -0.1) is 5.10 Å². The Morgan fingerprint density at radius 3 is 2.44 bits per heavy atom. The van der Waals surface area contributed by atoms with E-state index in [1.165, 1.54) is 0 Å². The van der Waals surface area contributed by atoms with Gasteiger partial charge < -0.3 is 15.1 Å². The van der Waals surface area contributed by atoms with Gasteiger partial charge in [0.05, 0.1) is 11.0 Å². The standard InChI is InChI=1S/C24H21N9O/c34-24(32-15-13-31(14-16-32)19-9-11-25-12-10-19)17-5-7-18(8-6-17)26-22-23-28-29-30-33(23)21-4-2-1-3-20(21)27-22/h1-12H,13-16H2,(H,26,27). The van der Waals surface area contributed by atoms with Crippen molar-refractivity contribution in [3.8, 4) is 0 Å². The number of fused-ring (bicyclic) bond motifs is 3. The number of hydrogen-bond acceptors (Lipinski definition) is 8. The van der Waals surface area contributed by atoms with E-state index in [4.69, 9.17) is 0 Å². The zero-order chi connectivity index (χ0) is 22.9. The summed E-state index contributed by atoms with van der Waals surface area (Å²) in [5.74, 6) is 0.587. The number of carbonyl (C=O) groups is 1. The largest absolute Gasteiger partial charge is 0.368 e. The molecule has 0 spiro atoms. The van der Waals surface area contributed by atoms with Crippen molar-refractivity contribution in [1.29, 1.82) is 0 Å². The molecule has 3 aromatic heterocycles. The van der Waals surface area contributed by atoms with E-state index in [0.717, 1.165) is 35.5 Å². The molecular formula is C24H21N9O. The number of piperazine rings is 1. The number of para-hydroxylation sites is 2. The first-order chi connectivity index (χ1) is 16.8. The number of rotatable bonds is 4. The van der Waals surface area contributed by atoms with Crippen LogP contribution in [0.15, 0.2) is 73.1 Å². The van der Waals surface area contributed by atoms with Gasteiger partial charge in [-0.25, -0.2) is 4.98 Å². The van der Waals surface area contributed by atoms with Crippen LogP contribution < -0.4 is 10.2 Å². The Balaban J connectivity index is 1.16. The van der Waals surface area contributed by atoms with Crippen LogP contribution in [0.2, 0.25) is 0 Å². The molecule has 1 fully saturated rings. The molecule has 168 valence electrons. The van der Waals surface area contributed by atoms with Gasteiger partial charge in [0, 0.05) is 55.5 Å². The van der Waals surface area contributed by atoms with E-state index in [-0.39, 0.29) is 5.91 Å². The van der Waals surface area contributed by atoms with E-state index < -0.39 is 0 Å². The Morgan fingerprint density at radius 2 is 1.65 bits per heavy atom. The molecule has 0 unspecified atom stereocenters. The first-order valence-corrected chi connectivity index (χ1v) is 11.0. The topological polar surface area (TPSA) is 104 Å². The molecule has 1 aliphatic heterocycles. The van der Waals surface area contributed by atoms with Crippen molar-refractivity contribution in [2.75, 3.05) is 36.4 Å². The molecule has 0 saturated carbocycles. The Bertz CT molecular complexity index is 1460. The van der Waals surface area contributed by atoms with Crippen LogP contribution in [0, 0.1) is 0 Å². The van der Waals surface area contributed by atoms with Crippen LogP contribution in [0.25, 0.3) is 16.7 Å². The summed E-state index contributed by atoms with van der Waals surface area (Å²) in [5, 5.41) is 15.3. The van der Waals surface area contributed by atoms with E-state index in [9.17, 15) is 4.79 Å². The van der Waals surface area contributed by atoms with Gasteiger partial charge >= 0.3 is 0 Å². The van der Waals surface area contributed by atoms with Gasteiger partial charge in [0.15, 0.2) is 5.82 Å². The first-order valence-electron chi connectivity index (χ1n) is 11.0. The minimum Gasteiger partial charge on any atom is -0.368 e. The summed E-state index contributed by atoms with van der Waals surface area (Å²) in [6, 6.07) is 19.1. The fourth-order valence-electron chi connectivity index (χ4n) is 4.23. The van der Waals surface area contributed by atoms with Crippen LogP contribution in [0.5, 0.6) is 0 Å². The average molecular weight is 451 g/mol. The Hall–Kier alpha value is -4.60. The maximum absolute atomic E-state index is 13.0. The number of pyridine rings is 1. The smallest absolute Gasteiger partial charge is 0.253 e. The van der Waals surface area contributed by atoms with Crippen LogP contribution in [0.4, 0.5) is 17.2 Å². The van der Waals surface area contributed by atoms with Crippen molar-refractivity contribution in [2.45, 2.75) is 0 Å². The predicted octanol–water partition coefficient (Wildman–Crippen LogP) is 2.77. The second-order valence-corrected chi connectivity index (χ2v) is 8.05. The zero-order valence-electron chi connectivity index (χ0n) is 18.2. The van der Waals surface area contributed by atoms with Crippen LogP contribution in [0.3, 0.4) is 0 Å². The molecule has 0 aliphatic carbocycles. The molecule has 1 amide bonds. The van der Waals surface area contributed by atoms with Crippen LogP contribution >= 0.6 is 0 Å². The third-order valence-corrected chi connectivity index (χ3v) is 6.01. The molecule has 0 radical (unpaired) electrons. The molecule has 10 nitrogen and oxygen atoms in total. The van der Waals surface area contributed by atoms with Gasteiger partial charge in [0.1, 0.15) is 0 Å². The highest BCUT2D eigenvalue weighted by Crippen LogP contribution is 2.23. The van der Waals surface area contributed by atoms with Crippen LogP contribution in [-0.4, -0.2) is 67.0 Å². The monoisotopic (exact) mass is 451 g/mol. The minimum atomic E-state index is 0.0359. The van der Waals surface area contributed by atoms with E-state index >= 15 is 0 Å². The molecule has 1 saturated heterocycles. The van der Waals surface area contributed by atoms with Gasteiger partial charge in [-0.1, -0.05) is 12.1 Å². The summed E-state index contributed by atoms with van der Waals surface area (Å²) in [7, 11) is 0. The molecule has 34 heavy (non-hydrogen) atoms. The van der Waals surface area contributed by atoms with Crippen molar-refractivity contribution < 1.29 is 4.79 Å². The van der Waals surface area contributed by atoms with Crippen molar-refractivity contribution in [3.63, 3.8) is 0 Å². The van der Waals surface area contributed by atoms with E-state index in [0.29, 0.717) is 30.1 Å². The first kappa shape index (κ1) is 20.0. The van der Waals surface area contributed by atoms with Crippen molar-refractivity contribution >= 4 is 39.8 Å². The van der Waals surface area contributed by atoms with Crippen molar-refractivity contribution in [2.24, 2.45) is 0 Å². The number of aromatic nitrogens is 6. The van der Waals surface area contributed by atoms with Crippen LogP contribution in [0.1, 0.15) is 10.4 Å². The van der Waals surface area contributed by atoms with E-state index in [1.807, 2.05) is 65.6 Å². The lowest BCUT2D eigenvalue weighted by Gasteiger charge is -2.36. The zero-order valence-corrected chi connectivity index (χ0v) is 18.2. The summed E-state index contributed by atoms with van der Waals surface area (Å²) < 4.78 is 1.66. The summed E-state index contributed by atoms with van der Waals surface area (Å²) in [5.41, 5.74) is 4.73. The number of carbonyl (C=O) groups excluding carboxylic acids is 1. The van der Waals surface area contributed by atoms with Gasteiger partial charge in [0.25, 0.3) is 5.91 Å². The number of nitrogens with one attached hydrogen (secondary N) is 1. The third-order valence-electron chi connectivity index (χ3n) is 6.01. The predicted molar refractivity (Wildman–Crippen MR) is 128 cm³/mol. The molecule has 2 aromatic carbocycles. The Kier molecular flexibility index (Phi) is 4.95. The lowest BCUT2D eigenvalue weighted by molar-refractivity contribution is 0.0747. The normalized spacial score (nSPS) is 14.0. The highest BCUT2D eigenvalue weighted by molar-refractivity contribution is 5.95. The average Bonchev–Trinajstić information content (AvgIpc) is 3.40. The van der Waals surface area contributed by atoms with Gasteiger partial charge in [-0.3, -0.25) is 9.78 Å². The molecule has 0 atom stereocenters. The fraction of sp³-hybridized carbons (Fsp3) is 0.167. The maximum atomic E-state index is 13.0. The summed E-state index contributed by atoms with van der Waals surface area (Å²) >= 11 is 0. The highest BCUT2D eigenvalue weighted by Gasteiger charge is 2.22. The molecule has 1 N–H and O–H groups in total. The second-order valence-electron chi connectivity index (χ2n) is 8.05. The molecular weight excluding hydrogens is 430 g/mol. The molecule has 1 aliphatic rings. The summed E-state index contributed by atoms with van der Waals surface area (Å²) in [6.45, 7) is 2.96. The summed E-state index contributed by atoms with van der Waals surface area (Å²) in [4.78, 5) is 26.0. The van der Waals surface area contributed by atoms with Gasteiger partial charge in [-0.05, 0) is 59.0 Å². The van der Waals surface area contributed by atoms with Crippen LogP contribution in [-0.2, 0) is 0 Å². The number of hydrogen-bond donors (Lipinski definition) is 1. The fourth-order valence-corrected chi connectivity index (χ4v) is 4.23. The lowest BCUT2D eigenvalue weighted by Crippen LogP contribution is -2.48. The second kappa shape index (κ2) is 8.39. The molecule has 5 aromatic rings. The van der Waals surface area contributed by atoms with E-state index in [2.05, 4.69) is 35.7 Å².